The van der Waals surface area contributed by atoms with E-state index in [2.05, 4.69) is 10.3 Å². The van der Waals surface area contributed by atoms with Gasteiger partial charge < -0.3 is 10.2 Å². The van der Waals surface area contributed by atoms with Gasteiger partial charge in [-0.15, -0.1) is 0 Å². The molecular weight excluding hydrogens is 206 g/mol. The van der Waals surface area contributed by atoms with Gasteiger partial charge in [0.05, 0.1) is 0 Å². The molecule has 0 unspecified atom stereocenters. The highest BCUT2D eigenvalue weighted by Gasteiger charge is 2.26. The van der Waals surface area contributed by atoms with Crippen molar-refractivity contribution in [2.75, 3.05) is 5.32 Å². The number of aromatic hydroxyl groups is 1. The number of anilines is 1. The summed E-state index contributed by atoms with van der Waals surface area (Å²) in [5.74, 6) is -3.15. The van der Waals surface area contributed by atoms with Gasteiger partial charge in [-0.3, -0.25) is 19.5 Å². The maximum atomic E-state index is 11.3. The molecule has 0 atom stereocenters. The van der Waals surface area contributed by atoms with Crippen molar-refractivity contribution in [2.24, 2.45) is 0 Å². The Balaban J connectivity index is 2.73. The van der Waals surface area contributed by atoms with Crippen LogP contribution in [0.25, 0.3) is 0 Å². The summed E-state index contributed by atoms with van der Waals surface area (Å²) in [6.07, 6.45) is 0. The molecule has 0 fully saturated rings. The van der Waals surface area contributed by atoms with Crippen molar-refractivity contribution in [3.63, 3.8) is 0 Å². The van der Waals surface area contributed by atoms with Crippen LogP contribution in [0.15, 0.2) is 4.79 Å². The van der Waals surface area contributed by atoms with E-state index in [0.29, 0.717) is 0 Å². The number of aromatic carboxylic acids is 1. The van der Waals surface area contributed by atoms with Crippen LogP contribution in [0.2, 0.25) is 0 Å². The normalized spacial score (nSPS) is 13.5. The lowest BCUT2D eigenvalue weighted by atomic mass is 10.3. The summed E-state index contributed by atoms with van der Waals surface area (Å²) < 4.78 is 0.865. The maximum absolute atomic E-state index is 11.3. The molecule has 1 aliphatic rings. The van der Waals surface area contributed by atoms with E-state index < -0.39 is 28.9 Å². The van der Waals surface area contributed by atoms with Gasteiger partial charge >= 0.3 is 5.97 Å². The molecule has 3 N–H and O–H groups in total. The number of carboxylic acids is 1. The van der Waals surface area contributed by atoms with Crippen molar-refractivity contribution in [2.45, 2.75) is 6.54 Å². The topological polar surface area (TPSA) is 122 Å². The summed E-state index contributed by atoms with van der Waals surface area (Å²) in [6, 6.07) is 0. The number of rotatable bonds is 1. The number of carbonyl (C=O) groups excluding carboxylic acids is 1. The predicted molar refractivity (Wildman–Crippen MR) is 45.8 cm³/mol. The van der Waals surface area contributed by atoms with Crippen molar-refractivity contribution in [3.8, 4) is 5.75 Å². The number of aromatic nitrogens is 2. The van der Waals surface area contributed by atoms with Gasteiger partial charge in [0.25, 0.3) is 5.56 Å². The Bertz CT molecular complexity index is 532. The summed E-state index contributed by atoms with van der Waals surface area (Å²) in [7, 11) is 0. The van der Waals surface area contributed by atoms with E-state index in [9.17, 15) is 19.5 Å². The molecule has 8 heteroatoms. The largest absolute Gasteiger partial charge is 0.501 e. The third-order valence-corrected chi connectivity index (χ3v) is 1.90. The molecule has 0 aromatic carbocycles. The highest BCUT2D eigenvalue weighted by molar-refractivity contribution is 5.94. The fraction of sp³-hybridized carbons (Fsp3) is 0.143. The van der Waals surface area contributed by atoms with Gasteiger partial charge in [-0.2, -0.15) is 0 Å². The fourth-order valence-electron chi connectivity index (χ4n) is 1.24. The van der Waals surface area contributed by atoms with E-state index in [4.69, 9.17) is 5.11 Å². The lowest BCUT2D eigenvalue weighted by Crippen LogP contribution is -2.22. The number of nitrogens with one attached hydrogen (secondary N) is 1. The first-order valence-electron chi connectivity index (χ1n) is 3.87. The average molecular weight is 211 g/mol. The smallest absolute Gasteiger partial charge is 0.358 e. The Kier molecular flexibility index (Phi) is 1.72. The van der Waals surface area contributed by atoms with Crippen LogP contribution in [0.1, 0.15) is 10.5 Å². The van der Waals surface area contributed by atoms with E-state index >= 15 is 0 Å². The molecule has 15 heavy (non-hydrogen) atoms. The van der Waals surface area contributed by atoms with Crippen LogP contribution >= 0.6 is 0 Å². The lowest BCUT2D eigenvalue weighted by molar-refractivity contribution is -0.115. The minimum Gasteiger partial charge on any atom is -0.501 e. The highest BCUT2D eigenvalue weighted by Crippen LogP contribution is 2.15. The monoisotopic (exact) mass is 211 g/mol. The third kappa shape index (κ3) is 1.23. The Morgan fingerprint density at radius 3 is 2.73 bits per heavy atom. The second-order valence-corrected chi connectivity index (χ2v) is 2.88. The molecule has 1 aliphatic heterocycles. The van der Waals surface area contributed by atoms with Gasteiger partial charge in [-0.05, 0) is 0 Å². The van der Waals surface area contributed by atoms with Crippen LogP contribution in [-0.2, 0) is 11.3 Å². The van der Waals surface area contributed by atoms with Crippen molar-refractivity contribution in [3.05, 3.63) is 16.0 Å². The zero-order valence-corrected chi connectivity index (χ0v) is 7.22. The van der Waals surface area contributed by atoms with E-state index in [1.165, 1.54) is 0 Å². The summed E-state index contributed by atoms with van der Waals surface area (Å²) in [5.41, 5.74) is -1.72. The number of hydrogen-bond donors (Lipinski definition) is 3. The highest BCUT2D eigenvalue weighted by atomic mass is 16.4. The fourth-order valence-corrected chi connectivity index (χ4v) is 1.24. The molecular formula is C7H5N3O5. The van der Waals surface area contributed by atoms with Crippen molar-refractivity contribution in [1.82, 2.24) is 9.55 Å². The Labute approximate surface area is 81.8 Å². The zero-order valence-electron chi connectivity index (χ0n) is 7.22. The van der Waals surface area contributed by atoms with Gasteiger partial charge in [0.1, 0.15) is 6.54 Å². The van der Waals surface area contributed by atoms with E-state index in [-0.39, 0.29) is 12.5 Å². The molecule has 1 aromatic rings. The van der Waals surface area contributed by atoms with E-state index in [1.807, 2.05) is 0 Å². The van der Waals surface area contributed by atoms with Crippen molar-refractivity contribution >= 4 is 17.8 Å². The number of carboxylic acid groups (broad SMARTS) is 1. The van der Waals surface area contributed by atoms with Crippen LogP contribution < -0.4 is 10.9 Å². The molecule has 0 aliphatic carbocycles. The van der Waals surface area contributed by atoms with Crippen molar-refractivity contribution in [1.29, 1.82) is 0 Å². The van der Waals surface area contributed by atoms with Crippen molar-refractivity contribution < 1.29 is 19.8 Å². The molecule has 78 valence electrons. The van der Waals surface area contributed by atoms with Gasteiger partial charge in [0, 0.05) is 0 Å². The maximum Gasteiger partial charge on any atom is 0.358 e. The molecule has 0 spiro atoms. The minimum absolute atomic E-state index is 0.166. The molecule has 0 bridgehead atoms. The second kappa shape index (κ2) is 2.80. The molecule has 1 aromatic heterocycles. The average Bonchev–Trinajstić information content (AvgIpc) is 2.52. The molecule has 0 saturated heterocycles. The zero-order chi connectivity index (χ0) is 11.2. The van der Waals surface area contributed by atoms with Crippen LogP contribution in [0.5, 0.6) is 5.75 Å². The lowest BCUT2D eigenvalue weighted by Gasteiger charge is -2.02. The number of nitrogens with zero attached hydrogens (tertiary/aromatic N) is 2. The quantitative estimate of drug-likeness (QED) is 0.525. The first kappa shape index (κ1) is 9.19. The van der Waals surface area contributed by atoms with Crippen LogP contribution in [0, 0.1) is 0 Å². The van der Waals surface area contributed by atoms with Crippen LogP contribution in [0.3, 0.4) is 0 Å². The SMILES string of the molecule is O=C1Cn2c(nc(C(=O)O)c(O)c2=O)N1. The molecule has 2 rings (SSSR count). The van der Waals surface area contributed by atoms with Gasteiger partial charge in [0.15, 0.2) is 5.69 Å². The molecule has 8 nitrogen and oxygen atoms in total. The number of carbonyl (C=O) groups is 2. The van der Waals surface area contributed by atoms with Gasteiger partial charge in [-0.1, -0.05) is 0 Å². The second-order valence-electron chi connectivity index (χ2n) is 2.88. The molecule has 2 heterocycles. The first-order valence-corrected chi connectivity index (χ1v) is 3.87. The molecule has 0 radical (unpaired) electrons. The Morgan fingerprint density at radius 1 is 1.47 bits per heavy atom. The summed E-state index contributed by atoms with van der Waals surface area (Å²) in [5, 5.41) is 20.0. The minimum atomic E-state index is -1.53. The number of hydrogen-bond acceptors (Lipinski definition) is 5. The molecule has 1 amide bonds. The summed E-state index contributed by atoms with van der Waals surface area (Å²) in [4.78, 5) is 36.3. The molecule has 0 saturated carbocycles. The number of fused-ring (bicyclic) bond motifs is 1. The Morgan fingerprint density at radius 2 is 2.13 bits per heavy atom. The first-order chi connectivity index (χ1) is 7.00. The summed E-state index contributed by atoms with van der Waals surface area (Å²) in [6.45, 7) is -0.269. The van der Waals surface area contributed by atoms with Gasteiger partial charge in [0.2, 0.25) is 17.6 Å². The summed E-state index contributed by atoms with van der Waals surface area (Å²) >= 11 is 0. The third-order valence-electron chi connectivity index (χ3n) is 1.90. The standard InChI is InChI=1S/C7H5N3O5/c11-2-1-10-5(13)4(12)3(6(14)15)9-7(10)8-2/h12H,1H2,(H,14,15)(H,8,9,11). The predicted octanol–water partition coefficient (Wildman–Crippen LogP) is -1.40. The van der Waals surface area contributed by atoms with E-state index in [0.717, 1.165) is 4.57 Å². The van der Waals surface area contributed by atoms with Gasteiger partial charge in [-0.25, -0.2) is 9.78 Å². The number of amides is 1. The van der Waals surface area contributed by atoms with E-state index in [1.54, 1.807) is 0 Å². The Hall–Kier alpha value is -2.38. The van der Waals surface area contributed by atoms with Crippen LogP contribution in [0.4, 0.5) is 5.95 Å². The van der Waals surface area contributed by atoms with Crippen LogP contribution in [-0.4, -0.2) is 31.6 Å².